The Morgan fingerprint density at radius 1 is 1.57 bits per heavy atom. The molecule has 0 radical (unpaired) electrons. The summed E-state index contributed by atoms with van der Waals surface area (Å²) in [4.78, 5) is 10.8. The summed E-state index contributed by atoms with van der Waals surface area (Å²) in [5.74, 6) is -1.38. The summed E-state index contributed by atoms with van der Waals surface area (Å²) in [6, 6.07) is 1.05. The van der Waals surface area contributed by atoms with Crippen LogP contribution in [-0.2, 0) is 9.53 Å². The van der Waals surface area contributed by atoms with E-state index in [2.05, 4.69) is 4.74 Å². The Bertz CT molecular complexity index is 303. The van der Waals surface area contributed by atoms with Crippen LogP contribution >= 0.6 is 11.6 Å². The number of esters is 1. The maximum atomic E-state index is 11.9. The Hall–Kier alpha value is -1.22. The molecule has 0 atom stereocenters. The largest absolute Gasteiger partial charge is 0.462 e. The van der Waals surface area contributed by atoms with Gasteiger partial charge in [0.25, 0.3) is 0 Å². The number of carbonyl (C=O) groups excluding carboxylic acids is 1. The molecule has 7 heteroatoms. The summed E-state index contributed by atoms with van der Waals surface area (Å²) >= 11 is 4.78. The number of rotatable bonds is 2. The summed E-state index contributed by atoms with van der Waals surface area (Å²) in [6.07, 6.45) is -4.92. The highest BCUT2D eigenvalue weighted by atomic mass is 35.5. The van der Waals surface area contributed by atoms with Crippen molar-refractivity contribution in [3.8, 4) is 6.07 Å². The Labute approximate surface area is 82.7 Å². The average Bonchev–Trinajstić information content (AvgIpc) is 2.04. The van der Waals surface area contributed by atoms with Crippen molar-refractivity contribution < 1.29 is 22.7 Å². The quantitative estimate of drug-likeness (QED) is 0.413. The highest BCUT2D eigenvalue weighted by Crippen LogP contribution is 2.31. The van der Waals surface area contributed by atoms with Gasteiger partial charge in [-0.15, -0.1) is 0 Å². The molecule has 0 aliphatic carbocycles. The molecule has 78 valence electrons. The van der Waals surface area contributed by atoms with Gasteiger partial charge in [0.15, 0.2) is 5.57 Å². The predicted molar refractivity (Wildman–Crippen MR) is 41.2 cm³/mol. The predicted octanol–water partition coefficient (Wildman–Crippen LogP) is 2.13. The number of hydrogen-bond acceptors (Lipinski definition) is 3. The molecule has 0 aromatic heterocycles. The molecule has 0 N–H and O–H groups in total. The van der Waals surface area contributed by atoms with Gasteiger partial charge in [-0.25, -0.2) is 4.79 Å². The first-order chi connectivity index (χ1) is 6.34. The van der Waals surface area contributed by atoms with Crippen LogP contribution in [-0.4, -0.2) is 18.8 Å². The van der Waals surface area contributed by atoms with E-state index in [1.807, 2.05) is 0 Å². The van der Waals surface area contributed by atoms with Gasteiger partial charge in [-0.3, -0.25) is 0 Å². The lowest BCUT2D eigenvalue weighted by atomic mass is 10.2. The van der Waals surface area contributed by atoms with Gasteiger partial charge in [0.05, 0.1) is 6.61 Å². The second-order valence-electron chi connectivity index (χ2n) is 2.02. The van der Waals surface area contributed by atoms with Crippen LogP contribution < -0.4 is 0 Å². The van der Waals surface area contributed by atoms with Gasteiger partial charge in [-0.2, -0.15) is 18.4 Å². The van der Waals surface area contributed by atoms with Crippen molar-refractivity contribution in [3.05, 3.63) is 10.6 Å². The number of nitriles is 1. The lowest BCUT2D eigenvalue weighted by Crippen LogP contribution is -2.15. The van der Waals surface area contributed by atoms with E-state index in [1.165, 1.54) is 6.92 Å². The molecule has 0 amide bonds. The number of ether oxygens (including phenoxy) is 1. The third-order valence-electron chi connectivity index (χ3n) is 1.06. The lowest BCUT2D eigenvalue weighted by Gasteiger charge is -2.06. The average molecular weight is 228 g/mol. The van der Waals surface area contributed by atoms with E-state index in [0.29, 0.717) is 0 Å². The van der Waals surface area contributed by atoms with Gasteiger partial charge in [-0.05, 0) is 6.92 Å². The van der Waals surface area contributed by atoms with E-state index in [0.717, 1.165) is 6.07 Å². The number of nitrogens with zero attached hydrogens (tertiary/aromatic N) is 1. The summed E-state index contributed by atoms with van der Waals surface area (Å²) < 4.78 is 40.0. The Morgan fingerprint density at radius 2 is 2.07 bits per heavy atom. The van der Waals surface area contributed by atoms with Crippen LogP contribution in [0.3, 0.4) is 0 Å². The van der Waals surface area contributed by atoms with Crippen LogP contribution in [0.25, 0.3) is 0 Å². The van der Waals surface area contributed by atoms with Crippen molar-refractivity contribution in [2.75, 3.05) is 6.61 Å². The zero-order valence-electron chi connectivity index (χ0n) is 6.98. The number of carbonyl (C=O) groups is 1. The smallest absolute Gasteiger partial charge is 0.428 e. The topological polar surface area (TPSA) is 50.1 Å². The first-order valence-electron chi connectivity index (χ1n) is 3.38. The molecule has 0 unspecified atom stereocenters. The molecule has 0 saturated carbocycles. The van der Waals surface area contributed by atoms with E-state index in [9.17, 15) is 18.0 Å². The lowest BCUT2D eigenvalue weighted by molar-refractivity contribution is -0.139. The van der Waals surface area contributed by atoms with Gasteiger partial charge >= 0.3 is 12.1 Å². The minimum absolute atomic E-state index is 0.133. The molecule has 0 aliphatic rings. The minimum atomic E-state index is -4.92. The van der Waals surface area contributed by atoms with E-state index in [1.54, 1.807) is 0 Å². The number of alkyl halides is 3. The molecule has 0 fully saturated rings. The molecule has 0 aliphatic heterocycles. The van der Waals surface area contributed by atoms with E-state index in [4.69, 9.17) is 16.9 Å². The van der Waals surface area contributed by atoms with Crippen LogP contribution in [0, 0.1) is 11.3 Å². The molecule has 0 aromatic rings. The third kappa shape index (κ3) is 3.26. The fourth-order valence-electron chi connectivity index (χ4n) is 0.529. The maximum Gasteiger partial charge on any atom is 0.428 e. The number of hydrogen-bond donors (Lipinski definition) is 0. The van der Waals surface area contributed by atoms with Crippen LogP contribution in [0.4, 0.5) is 13.2 Å². The highest BCUT2D eigenvalue weighted by Gasteiger charge is 2.37. The van der Waals surface area contributed by atoms with Crippen molar-refractivity contribution in [1.29, 1.82) is 5.26 Å². The normalized spacial score (nSPS) is 12.9. The van der Waals surface area contributed by atoms with E-state index >= 15 is 0 Å². The van der Waals surface area contributed by atoms with Crippen LogP contribution in [0.15, 0.2) is 10.6 Å². The third-order valence-corrected chi connectivity index (χ3v) is 1.46. The zero-order valence-corrected chi connectivity index (χ0v) is 7.74. The molecule has 0 bridgehead atoms. The molecule has 0 saturated heterocycles. The maximum absolute atomic E-state index is 11.9. The molecule has 0 heterocycles. The fourth-order valence-corrected chi connectivity index (χ4v) is 0.649. The van der Waals surface area contributed by atoms with Crippen molar-refractivity contribution in [3.63, 3.8) is 0 Å². The van der Waals surface area contributed by atoms with Crippen LogP contribution in [0.1, 0.15) is 6.92 Å². The SMILES string of the molecule is CCOC(=O)/C(C#N)=C(/Cl)C(F)(F)F. The summed E-state index contributed by atoms with van der Waals surface area (Å²) in [5, 5.41) is 6.50. The van der Waals surface area contributed by atoms with Crippen LogP contribution in [0.2, 0.25) is 0 Å². The minimum Gasteiger partial charge on any atom is -0.462 e. The summed E-state index contributed by atoms with van der Waals surface area (Å²) in [7, 11) is 0. The van der Waals surface area contributed by atoms with Gasteiger partial charge in [0, 0.05) is 0 Å². The summed E-state index contributed by atoms with van der Waals surface area (Å²) in [5.41, 5.74) is -1.24. The second-order valence-corrected chi connectivity index (χ2v) is 2.40. The first kappa shape index (κ1) is 12.8. The highest BCUT2D eigenvalue weighted by molar-refractivity contribution is 6.33. The molecule has 3 nitrogen and oxygen atoms in total. The molecule has 0 rings (SSSR count). The van der Waals surface area contributed by atoms with Crippen molar-refractivity contribution in [1.82, 2.24) is 0 Å². The zero-order chi connectivity index (χ0) is 11.4. The van der Waals surface area contributed by atoms with Gasteiger partial charge in [-0.1, -0.05) is 11.6 Å². The molecule has 0 aromatic carbocycles. The standard InChI is InChI=1S/C7H5ClF3NO2/c1-2-14-6(13)4(3-12)5(8)7(9,10)11/h2H2,1H3/b5-4+. The Balaban J connectivity index is 5.08. The fraction of sp³-hybridized carbons (Fsp3) is 0.429. The van der Waals surface area contributed by atoms with Gasteiger partial charge in [0.1, 0.15) is 11.1 Å². The van der Waals surface area contributed by atoms with E-state index < -0.39 is 22.8 Å². The Kier molecular flexibility index (Phi) is 4.44. The van der Waals surface area contributed by atoms with Crippen molar-refractivity contribution >= 4 is 17.6 Å². The molecule has 14 heavy (non-hydrogen) atoms. The molecular weight excluding hydrogens is 223 g/mol. The van der Waals surface area contributed by atoms with Gasteiger partial charge in [0.2, 0.25) is 0 Å². The second kappa shape index (κ2) is 4.86. The van der Waals surface area contributed by atoms with E-state index in [-0.39, 0.29) is 6.61 Å². The van der Waals surface area contributed by atoms with Crippen LogP contribution in [0.5, 0.6) is 0 Å². The van der Waals surface area contributed by atoms with Crippen molar-refractivity contribution in [2.45, 2.75) is 13.1 Å². The first-order valence-corrected chi connectivity index (χ1v) is 3.76. The molecular formula is C7H5ClF3NO2. The number of halogens is 4. The summed E-state index contributed by atoms with van der Waals surface area (Å²) in [6.45, 7) is 1.26. The van der Waals surface area contributed by atoms with Gasteiger partial charge < -0.3 is 4.74 Å². The monoisotopic (exact) mass is 227 g/mol. The Morgan fingerprint density at radius 3 is 2.36 bits per heavy atom. The molecule has 0 spiro atoms. The number of allylic oxidation sites excluding steroid dienone is 1. The van der Waals surface area contributed by atoms with Crippen molar-refractivity contribution in [2.24, 2.45) is 0 Å².